The molecule has 0 aromatic carbocycles. The second-order valence-corrected chi connectivity index (χ2v) is 4.47. The predicted molar refractivity (Wildman–Crippen MR) is 73.2 cm³/mol. The van der Waals surface area contributed by atoms with E-state index < -0.39 is 0 Å². The smallest absolute Gasteiger partial charge is 0.239 e. The van der Waals surface area contributed by atoms with Crippen LogP contribution in [-0.2, 0) is 14.3 Å². The number of hydrogen-bond donors (Lipinski definition) is 1. The Balaban J connectivity index is 0.00000289. The molecule has 1 aliphatic rings. The molecular formula is C12H25ClN2O3. The van der Waals surface area contributed by atoms with Crippen LogP contribution < -0.4 is 5.32 Å². The lowest BCUT2D eigenvalue weighted by Crippen LogP contribution is -2.47. The van der Waals surface area contributed by atoms with E-state index in [-0.39, 0.29) is 24.4 Å². The monoisotopic (exact) mass is 280 g/mol. The summed E-state index contributed by atoms with van der Waals surface area (Å²) < 4.78 is 10.0. The molecule has 1 unspecified atom stereocenters. The van der Waals surface area contributed by atoms with Gasteiger partial charge in [-0.25, -0.2) is 0 Å². The van der Waals surface area contributed by atoms with Crippen LogP contribution in [0.15, 0.2) is 0 Å². The highest BCUT2D eigenvalue weighted by molar-refractivity contribution is 5.85. The lowest BCUT2D eigenvalue weighted by Gasteiger charge is -2.25. The molecule has 1 fully saturated rings. The Hall–Kier alpha value is -0.360. The number of carbonyl (C=O) groups is 1. The van der Waals surface area contributed by atoms with E-state index in [1.165, 1.54) is 12.8 Å². The van der Waals surface area contributed by atoms with Crippen molar-refractivity contribution in [1.29, 1.82) is 0 Å². The first-order chi connectivity index (χ1) is 8.19. The summed E-state index contributed by atoms with van der Waals surface area (Å²) in [5.74, 6) is 0.131. The van der Waals surface area contributed by atoms with Gasteiger partial charge in [0.25, 0.3) is 0 Å². The zero-order valence-electron chi connectivity index (χ0n) is 11.5. The molecule has 18 heavy (non-hydrogen) atoms. The number of methoxy groups -OCH3 is 2. The Morgan fingerprint density at radius 1 is 1.28 bits per heavy atom. The Kier molecular flexibility index (Phi) is 9.36. The first-order valence-electron chi connectivity index (χ1n) is 6.21. The zero-order chi connectivity index (χ0) is 12.7. The molecular weight excluding hydrogens is 256 g/mol. The van der Waals surface area contributed by atoms with Crippen LogP contribution in [-0.4, -0.2) is 63.4 Å². The average molecular weight is 281 g/mol. The number of carbonyl (C=O) groups excluding carboxylic acids is 1. The van der Waals surface area contributed by atoms with Crippen molar-refractivity contribution in [1.82, 2.24) is 10.2 Å². The molecule has 0 spiro atoms. The SMILES string of the molecule is COCCN(CCOC)C(=O)C(C)NC1CC1.Cl. The molecule has 1 saturated carbocycles. The van der Waals surface area contributed by atoms with Gasteiger partial charge in [0.1, 0.15) is 0 Å². The highest BCUT2D eigenvalue weighted by Crippen LogP contribution is 2.19. The van der Waals surface area contributed by atoms with Crippen LogP contribution in [0.3, 0.4) is 0 Å². The Morgan fingerprint density at radius 3 is 2.17 bits per heavy atom. The minimum absolute atomic E-state index is 0. The van der Waals surface area contributed by atoms with Gasteiger partial charge >= 0.3 is 0 Å². The minimum Gasteiger partial charge on any atom is -0.383 e. The molecule has 1 N–H and O–H groups in total. The highest BCUT2D eigenvalue weighted by atomic mass is 35.5. The Bertz CT molecular complexity index is 229. The van der Waals surface area contributed by atoms with Gasteiger partial charge in [0.2, 0.25) is 5.91 Å². The summed E-state index contributed by atoms with van der Waals surface area (Å²) in [6, 6.07) is 0.428. The molecule has 0 radical (unpaired) electrons. The van der Waals surface area contributed by atoms with Crippen molar-refractivity contribution < 1.29 is 14.3 Å². The van der Waals surface area contributed by atoms with E-state index in [4.69, 9.17) is 9.47 Å². The number of nitrogens with zero attached hydrogens (tertiary/aromatic N) is 1. The molecule has 1 amide bonds. The second-order valence-electron chi connectivity index (χ2n) is 4.47. The fourth-order valence-electron chi connectivity index (χ4n) is 1.68. The molecule has 6 heteroatoms. The van der Waals surface area contributed by atoms with E-state index in [0.717, 1.165) is 0 Å². The number of rotatable bonds is 9. The van der Waals surface area contributed by atoms with Gasteiger partial charge < -0.3 is 19.7 Å². The van der Waals surface area contributed by atoms with Gasteiger partial charge in [0.05, 0.1) is 19.3 Å². The van der Waals surface area contributed by atoms with Crippen LogP contribution in [0.4, 0.5) is 0 Å². The quantitative estimate of drug-likeness (QED) is 0.675. The summed E-state index contributed by atoms with van der Waals surface area (Å²) in [4.78, 5) is 14.0. The molecule has 0 bridgehead atoms. The molecule has 0 aliphatic heterocycles. The van der Waals surface area contributed by atoms with Gasteiger partial charge in [-0.15, -0.1) is 12.4 Å². The highest BCUT2D eigenvalue weighted by Gasteiger charge is 2.27. The lowest BCUT2D eigenvalue weighted by atomic mass is 10.2. The molecule has 5 nitrogen and oxygen atoms in total. The molecule has 108 valence electrons. The first kappa shape index (κ1) is 17.6. The number of amides is 1. The summed E-state index contributed by atoms with van der Waals surface area (Å²) in [6.45, 7) is 4.29. The summed E-state index contributed by atoms with van der Waals surface area (Å²) >= 11 is 0. The summed E-state index contributed by atoms with van der Waals surface area (Å²) in [5, 5.41) is 3.31. The maximum Gasteiger partial charge on any atom is 0.239 e. The van der Waals surface area contributed by atoms with Crippen molar-refractivity contribution in [2.45, 2.75) is 31.8 Å². The van der Waals surface area contributed by atoms with E-state index in [1.807, 2.05) is 6.92 Å². The maximum atomic E-state index is 12.2. The van der Waals surface area contributed by atoms with Crippen molar-refractivity contribution in [3.05, 3.63) is 0 Å². The molecule has 1 rings (SSSR count). The van der Waals surface area contributed by atoms with Crippen LogP contribution in [0.1, 0.15) is 19.8 Å². The van der Waals surface area contributed by atoms with Gasteiger partial charge in [-0.2, -0.15) is 0 Å². The summed E-state index contributed by atoms with van der Waals surface area (Å²) in [7, 11) is 3.29. The molecule has 0 aromatic heterocycles. The minimum atomic E-state index is -0.115. The van der Waals surface area contributed by atoms with Gasteiger partial charge in [0, 0.05) is 33.4 Å². The van der Waals surface area contributed by atoms with Crippen molar-refractivity contribution >= 4 is 18.3 Å². The molecule has 1 atom stereocenters. The third-order valence-corrected chi connectivity index (χ3v) is 2.88. The van der Waals surface area contributed by atoms with Crippen LogP contribution in [0, 0.1) is 0 Å². The largest absolute Gasteiger partial charge is 0.383 e. The van der Waals surface area contributed by atoms with Gasteiger partial charge in [-0.05, 0) is 19.8 Å². The molecule has 0 aromatic rings. The topological polar surface area (TPSA) is 50.8 Å². The van der Waals surface area contributed by atoms with Crippen molar-refractivity contribution in [2.75, 3.05) is 40.5 Å². The third kappa shape index (κ3) is 6.54. The van der Waals surface area contributed by atoms with Crippen LogP contribution in [0.5, 0.6) is 0 Å². The average Bonchev–Trinajstić information content (AvgIpc) is 3.12. The Labute approximate surface area is 116 Å². The lowest BCUT2D eigenvalue weighted by molar-refractivity contribution is -0.134. The number of hydrogen-bond acceptors (Lipinski definition) is 4. The van der Waals surface area contributed by atoms with E-state index in [1.54, 1.807) is 19.1 Å². The third-order valence-electron chi connectivity index (χ3n) is 2.88. The number of ether oxygens (including phenoxy) is 2. The number of halogens is 1. The molecule has 0 heterocycles. The maximum absolute atomic E-state index is 12.2. The molecule has 0 saturated heterocycles. The van der Waals surface area contributed by atoms with Gasteiger partial charge in [0.15, 0.2) is 0 Å². The second kappa shape index (κ2) is 9.55. The fourth-order valence-corrected chi connectivity index (χ4v) is 1.68. The summed E-state index contributed by atoms with van der Waals surface area (Å²) in [5.41, 5.74) is 0. The van der Waals surface area contributed by atoms with Crippen LogP contribution in [0.2, 0.25) is 0 Å². The molecule has 1 aliphatic carbocycles. The fraction of sp³-hybridized carbons (Fsp3) is 0.917. The predicted octanol–water partition coefficient (Wildman–Crippen LogP) is 0.670. The van der Waals surface area contributed by atoms with E-state index in [2.05, 4.69) is 5.32 Å². The van der Waals surface area contributed by atoms with Crippen molar-refractivity contribution in [2.24, 2.45) is 0 Å². The van der Waals surface area contributed by atoms with Crippen LogP contribution >= 0.6 is 12.4 Å². The van der Waals surface area contributed by atoms with Crippen molar-refractivity contribution in [3.8, 4) is 0 Å². The normalized spacial score (nSPS) is 15.9. The standard InChI is InChI=1S/C12H24N2O3.ClH/c1-10(13-11-4-5-11)12(15)14(6-8-16-2)7-9-17-3;/h10-11,13H,4-9H2,1-3H3;1H. The first-order valence-corrected chi connectivity index (χ1v) is 6.21. The van der Waals surface area contributed by atoms with E-state index in [0.29, 0.717) is 32.3 Å². The van der Waals surface area contributed by atoms with Crippen molar-refractivity contribution in [3.63, 3.8) is 0 Å². The number of nitrogens with one attached hydrogen (secondary N) is 1. The van der Waals surface area contributed by atoms with Gasteiger partial charge in [-0.1, -0.05) is 0 Å². The van der Waals surface area contributed by atoms with Crippen LogP contribution in [0.25, 0.3) is 0 Å². The van der Waals surface area contributed by atoms with E-state index in [9.17, 15) is 4.79 Å². The zero-order valence-corrected chi connectivity index (χ0v) is 12.3. The summed E-state index contributed by atoms with van der Waals surface area (Å²) in [6.07, 6.45) is 2.38. The van der Waals surface area contributed by atoms with E-state index >= 15 is 0 Å². The van der Waals surface area contributed by atoms with Gasteiger partial charge in [-0.3, -0.25) is 4.79 Å². The Morgan fingerprint density at radius 2 is 1.78 bits per heavy atom.